The van der Waals surface area contributed by atoms with Crippen LogP contribution in [0.15, 0.2) is 59.8 Å². The maximum Gasteiger partial charge on any atom is 0.353 e. The van der Waals surface area contributed by atoms with Crippen molar-refractivity contribution in [2.75, 3.05) is 0 Å². The average Bonchev–Trinajstić information content (AvgIpc) is 2.53. The number of aryl methyl sites for hydroxylation is 1. The minimum Gasteiger partial charge on any atom is -0.508 e. The Morgan fingerprint density at radius 1 is 1.00 bits per heavy atom. The van der Waals surface area contributed by atoms with Crippen LogP contribution in [0.1, 0.15) is 17.5 Å². The molecule has 0 heterocycles. The number of carboxylic acid groups (broad SMARTS) is 1. The van der Waals surface area contributed by atoms with E-state index in [2.05, 4.69) is 5.16 Å². The highest BCUT2D eigenvalue weighted by molar-refractivity contribution is 6.35. The topological polar surface area (TPSA) is 79.1 Å². The highest BCUT2D eigenvalue weighted by Gasteiger charge is 2.10. The third-order valence-electron chi connectivity index (χ3n) is 3.08. The Labute approximate surface area is 128 Å². The first-order chi connectivity index (χ1) is 10.6. The smallest absolute Gasteiger partial charge is 0.353 e. The van der Waals surface area contributed by atoms with Gasteiger partial charge in [-0.05, 0) is 29.7 Å². The third-order valence-corrected chi connectivity index (χ3v) is 3.08. The van der Waals surface area contributed by atoms with Gasteiger partial charge in [-0.15, -0.1) is 0 Å². The monoisotopic (exact) mass is 299 g/mol. The van der Waals surface area contributed by atoms with Gasteiger partial charge < -0.3 is 15.1 Å². The standard InChI is InChI=1S/C17H17NO4/c19-15-9-6-14(7-10-15)12-22-18-16(17(20)21)11-8-13-4-2-1-3-5-13/h1-7,9-10,19H,8,11-12H2,(H,20,21). The fourth-order valence-electron chi connectivity index (χ4n) is 1.88. The van der Waals surface area contributed by atoms with Crippen molar-refractivity contribution in [1.29, 1.82) is 0 Å². The minimum absolute atomic E-state index is 0.0115. The molecule has 0 amide bonds. The number of carbonyl (C=O) groups is 1. The van der Waals surface area contributed by atoms with E-state index in [1.807, 2.05) is 30.3 Å². The zero-order valence-electron chi connectivity index (χ0n) is 12.0. The first-order valence-corrected chi connectivity index (χ1v) is 6.89. The van der Waals surface area contributed by atoms with E-state index in [9.17, 15) is 9.90 Å². The molecule has 0 aliphatic rings. The normalized spacial score (nSPS) is 11.2. The van der Waals surface area contributed by atoms with Crippen molar-refractivity contribution in [2.24, 2.45) is 5.16 Å². The Hall–Kier alpha value is -2.82. The predicted molar refractivity (Wildman–Crippen MR) is 82.7 cm³/mol. The number of aromatic hydroxyl groups is 1. The summed E-state index contributed by atoms with van der Waals surface area (Å²) in [5.74, 6) is -0.914. The lowest BCUT2D eigenvalue weighted by Gasteiger charge is -2.04. The zero-order chi connectivity index (χ0) is 15.8. The number of oxime groups is 1. The molecular weight excluding hydrogens is 282 g/mol. The average molecular weight is 299 g/mol. The molecule has 0 bridgehead atoms. The molecule has 5 heteroatoms. The quantitative estimate of drug-likeness (QED) is 0.608. The maximum absolute atomic E-state index is 11.2. The fourth-order valence-corrected chi connectivity index (χ4v) is 1.88. The maximum atomic E-state index is 11.2. The lowest BCUT2D eigenvalue weighted by atomic mass is 10.1. The molecule has 22 heavy (non-hydrogen) atoms. The van der Waals surface area contributed by atoms with Crippen LogP contribution in [0.3, 0.4) is 0 Å². The molecule has 0 spiro atoms. The molecule has 2 aromatic carbocycles. The minimum atomic E-state index is -1.08. The molecule has 2 aromatic rings. The molecule has 0 aliphatic carbocycles. The van der Waals surface area contributed by atoms with Crippen LogP contribution in [0.5, 0.6) is 5.75 Å². The molecule has 0 unspecified atom stereocenters. The van der Waals surface area contributed by atoms with E-state index in [-0.39, 0.29) is 18.1 Å². The number of phenolic OH excluding ortho intramolecular Hbond substituents is 1. The number of carboxylic acids is 1. The molecule has 5 nitrogen and oxygen atoms in total. The van der Waals surface area contributed by atoms with Gasteiger partial charge in [0.25, 0.3) is 0 Å². The number of hydrogen-bond donors (Lipinski definition) is 2. The summed E-state index contributed by atoms with van der Waals surface area (Å²) in [6.45, 7) is 0.155. The lowest BCUT2D eigenvalue weighted by molar-refractivity contribution is -0.129. The van der Waals surface area contributed by atoms with E-state index in [1.54, 1.807) is 12.1 Å². The van der Waals surface area contributed by atoms with Crippen molar-refractivity contribution in [3.8, 4) is 5.75 Å². The Bertz CT molecular complexity index is 635. The van der Waals surface area contributed by atoms with Crippen LogP contribution in [0.2, 0.25) is 0 Å². The van der Waals surface area contributed by atoms with Crippen LogP contribution in [0.4, 0.5) is 0 Å². The van der Waals surface area contributed by atoms with Gasteiger partial charge in [0.05, 0.1) is 0 Å². The van der Waals surface area contributed by atoms with Crippen LogP contribution in [-0.2, 0) is 22.7 Å². The number of phenols is 1. The number of benzene rings is 2. The van der Waals surface area contributed by atoms with E-state index >= 15 is 0 Å². The summed E-state index contributed by atoms with van der Waals surface area (Å²) in [5, 5.41) is 22.0. The summed E-state index contributed by atoms with van der Waals surface area (Å²) in [7, 11) is 0. The Balaban J connectivity index is 1.90. The second kappa shape index (κ2) is 7.83. The second-order valence-corrected chi connectivity index (χ2v) is 4.77. The summed E-state index contributed by atoms with van der Waals surface area (Å²) in [6, 6.07) is 16.1. The number of rotatable bonds is 7. The summed E-state index contributed by atoms with van der Waals surface area (Å²) in [4.78, 5) is 16.3. The Morgan fingerprint density at radius 2 is 1.68 bits per heavy atom. The van der Waals surface area contributed by atoms with Gasteiger partial charge in [-0.1, -0.05) is 47.6 Å². The van der Waals surface area contributed by atoms with Gasteiger partial charge in [0, 0.05) is 6.42 Å². The van der Waals surface area contributed by atoms with Crippen molar-refractivity contribution >= 4 is 11.7 Å². The summed E-state index contributed by atoms with van der Waals surface area (Å²) >= 11 is 0. The summed E-state index contributed by atoms with van der Waals surface area (Å²) in [6.07, 6.45) is 0.892. The van der Waals surface area contributed by atoms with Crippen molar-refractivity contribution in [3.05, 3.63) is 65.7 Å². The van der Waals surface area contributed by atoms with Crippen LogP contribution < -0.4 is 0 Å². The Morgan fingerprint density at radius 3 is 2.32 bits per heavy atom. The van der Waals surface area contributed by atoms with Crippen LogP contribution in [0, 0.1) is 0 Å². The highest BCUT2D eigenvalue weighted by atomic mass is 16.6. The van der Waals surface area contributed by atoms with Crippen LogP contribution in [-0.4, -0.2) is 21.9 Å². The van der Waals surface area contributed by atoms with Gasteiger partial charge in [-0.2, -0.15) is 0 Å². The van der Waals surface area contributed by atoms with Crippen molar-refractivity contribution < 1.29 is 19.8 Å². The van der Waals surface area contributed by atoms with E-state index in [4.69, 9.17) is 9.94 Å². The highest BCUT2D eigenvalue weighted by Crippen LogP contribution is 2.11. The SMILES string of the molecule is O=C(O)C(CCc1ccccc1)=NOCc1ccc(O)cc1. The molecule has 0 radical (unpaired) electrons. The number of aliphatic carboxylic acids is 1. The molecule has 0 aliphatic heterocycles. The molecule has 0 saturated carbocycles. The lowest BCUT2D eigenvalue weighted by Crippen LogP contribution is -2.14. The molecule has 0 atom stereocenters. The number of hydrogen-bond acceptors (Lipinski definition) is 4. The second-order valence-electron chi connectivity index (χ2n) is 4.77. The van der Waals surface area contributed by atoms with Gasteiger partial charge in [0.2, 0.25) is 0 Å². The molecule has 0 fully saturated rings. The number of nitrogens with zero attached hydrogens (tertiary/aromatic N) is 1. The first-order valence-electron chi connectivity index (χ1n) is 6.89. The first kappa shape index (κ1) is 15.6. The molecule has 0 aromatic heterocycles. The van der Waals surface area contributed by atoms with Crippen LogP contribution >= 0.6 is 0 Å². The largest absolute Gasteiger partial charge is 0.508 e. The summed E-state index contributed by atoms with van der Waals surface area (Å²) < 4.78 is 0. The van der Waals surface area contributed by atoms with E-state index in [0.29, 0.717) is 12.8 Å². The summed E-state index contributed by atoms with van der Waals surface area (Å²) in [5.41, 5.74) is 1.84. The fraction of sp³-hybridized carbons (Fsp3) is 0.176. The van der Waals surface area contributed by atoms with Gasteiger partial charge in [0.15, 0.2) is 5.71 Å². The molecule has 114 valence electrons. The van der Waals surface area contributed by atoms with Gasteiger partial charge in [0.1, 0.15) is 12.4 Å². The van der Waals surface area contributed by atoms with Gasteiger partial charge in [-0.3, -0.25) is 0 Å². The molecule has 2 rings (SSSR count). The van der Waals surface area contributed by atoms with Crippen LogP contribution in [0.25, 0.3) is 0 Å². The van der Waals surface area contributed by atoms with Crippen molar-refractivity contribution in [3.63, 3.8) is 0 Å². The van der Waals surface area contributed by atoms with Gasteiger partial charge in [-0.25, -0.2) is 4.79 Å². The van der Waals surface area contributed by atoms with E-state index in [1.165, 1.54) is 12.1 Å². The van der Waals surface area contributed by atoms with E-state index < -0.39 is 5.97 Å². The molecular formula is C17H17NO4. The van der Waals surface area contributed by atoms with Crippen molar-refractivity contribution in [2.45, 2.75) is 19.4 Å². The predicted octanol–water partition coefficient (Wildman–Crippen LogP) is 2.98. The molecule has 2 N–H and O–H groups in total. The molecule has 0 saturated heterocycles. The van der Waals surface area contributed by atoms with E-state index in [0.717, 1.165) is 11.1 Å². The van der Waals surface area contributed by atoms with Gasteiger partial charge >= 0.3 is 5.97 Å². The van der Waals surface area contributed by atoms with Crippen molar-refractivity contribution in [1.82, 2.24) is 0 Å². The third kappa shape index (κ3) is 4.94. The zero-order valence-corrected chi connectivity index (χ0v) is 12.0. The Kier molecular flexibility index (Phi) is 5.54.